The van der Waals surface area contributed by atoms with Crippen LogP contribution < -0.4 is 10.9 Å². The molecule has 7 heteroatoms. The number of aromatic nitrogens is 2. The number of nitrogens with one attached hydrogen (secondary N) is 1. The summed E-state index contributed by atoms with van der Waals surface area (Å²) in [5.74, 6) is -2.12. The summed E-state index contributed by atoms with van der Waals surface area (Å²) in [4.78, 5) is 24.4. The summed E-state index contributed by atoms with van der Waals surface area (Å²) in [6.07, 6.45) is 0. The average molecular weight is 329 g/mol. The van der Waals surface area contributed by atoms with E-state index in [4.69, 9.17) is 0 Å². The van der Waals surface area contributed by atoms with Crippen molar-refractivity contribution in [3.63, 3.8) is 0 Å². The molecule has 0 unspecified atom stereocenters. The minimum absolute atomic E-state index is 0.287. The number of aryl methyl sites for hydroxylation is 1. The lowest BCUT2D eigenvalue weighted by molar-refractivity contribution is -0.117. The number of hydrogen-bond acceptors (Lipinski definition) is 3. The van der Waals surface area contributed by atoms with E-state index in [1.54, 1.807) is 31.2 Å². The Labute approximate surface area is 135 Å². The fourth-order valence-electron chi connectivity index (χ4n) is 2.43. The average Bonchev–Trinajstić information content (AvgIpc) is 2.56. The van der Waals surface area contributed by atoms with Crippen LogP contribution in [0.5, 0.6) is 0 Å². The first-order chi connectivity index (χ1) is 11.5. The standard InChI is InChI=1S/C17H13F2N3O2/c1-10-12-4-2-3-5-13(12)17(24)22(21-10)9-16(23)20-15-8-11(18)6-7-14(15)19/h2-8H,9H2,1H3,(H,20,23). The van der Waals surface area contributed by atoms with E-state index in [-0.39, 0.29) is 5.69 Å². The van der Waals surface area contributed by atoms with Crippen LogP contribution in [0, 0.1) is 18.6 Å². The van der Waals surface area contributed by atoms with E-state index < -0.39 is 29.6 Å². The highest BCUT2D eigenvalue weighted by Gasteiger charge is 2.13. The molecule has 1 N–H and O–H groups in total. The zero-order valence-electron chi connectivity index (χ0n) is 12.7. The molecule has 0 bridgehead atoms. The molecule has 1 heterocycles. The number of carbonyl (C=O) groups is 1. The molecule has 1 amide bonds. The van der Waals surface area contributed by atoms with Crippen LogP contribution >= 0.6 is 0 Å². The van der Waals surface area contributed by atoms with Crippen molar-refractivity contribution < 1.29 is 13.6 Å². The molecular formula is C17H13F2N3O2. The van der Waals surface area contributed by atoms with Crippen molar-refractivity contribution in [3.05, 3.63) is 70.1 Å². The van der Waals surface area contributed by atoms with Gasteiger partial charge in [-0.3, -0.25) is 9.59 Å². The number of hydrogen-bond donors (Lipinski definition) is 1. The summed E-state index contributed by atoms with van der Waals surface area (Å²) >= 11 is 0. The van der Waals surface area contributed by atoms with Gasteiger partial charge in [0.05, 0.1) is 16.8 Å². The van der Waals surface area contributed by atoms with Crippen LogP contribution in [0.3, 0.4) is 0 Å². The van der Waals surface area contributed by atoms with Crippen LogP contribution in [0.4, 0.5) is 14.5 Å². The summed E-state index contributed by atoms with van der Waals surface area (Å²) in [5.41, 5.74) is -0.119. The highest BCUT2D eigenvalue weighted by Crippen LogP contribution is 2.15. The van der Waals surface area contributed by atoms with Crippen molar-refractivity contribution in [2.45, 2.75) is 13.5 Å². The molecule has 0 saturated heterocycles. The molecule has 0 aliphatic carbocycles. The maximum absolute atomic E-state index is 13.6. The van der Waals surface area contributed by atoms with Crippen molar-refractivity contribution in [3.8, 4) is 0 Å². The molecule has 122 valence electrons. The van der Waals surface area contributed by atoms with Gasteiger partial charge in [0, 0.05) is 11.5 Å². The van der Waals surface area contributed by atoms with E-state index in [0.717, 1.165) is 22.9 Å². The van der Waals surface area contributed by atoms with Gasteiger partial charge in [-0.05, 0) is 25.1 Å². The van der Waals surface area contributed by atoms with Gasteiger partial charge in [-0.25, -0.2) is 13.5 Å². The number of benzene rings is 2. The van der Waals surface area contributed by atoms with Gasteiger partial charge in [-0.15, -0.1) is 0 Å². The van der Waals surface area contributed by atoms with Crippen LogP contribution in [0.15, 0.2) is 47.3 Å². The van der Waals surface area contributed by atoms with E-state index >= 15 is 0 Å². The fraction of sp³-hybridized carbons (Fsp3) is 0.118. The van der Waals surface area contributed by atoms with Gasteiger partial charge >= 0.3 is 0 Å². The molecule has 2 aromatic carbocycles. The maximum Gasteiger partial charge on any atom is 0.275 e. The molecule has 3 aromatic rings. The molecule has 0 fully saturated rings. The van der Waals surface area contributed by atoms with Crippen LogP contribution in [-0.2, 0) is 11.3 Å². The topological polar surface area (TPSA) is 64.0 Å². The van der Waals surface area contributed by atoms with Crippen molar-refractivity contribution >= 4 is 22.4 Å². The molecule has 0 aliphatic heterocycles. The number of fused-ring (bicyclic) bond motifs is 1. The largest absolute Gasteiger partial charge is 0.322 e. The Morgan fingerprint density at radius 2 is 1.88 bits per heavy atom. The van der Waals surface area contributed by atoms with Crippen LogP contribution in [0.2, 0.25) is 0 Å². The van der Waals surface area contributed by atoms with Crippen molar-refractivity contribution in [1.29, 1.82) is 0 Å². The number of carbonyl (C=O) groups excluding carboxylic acids is 1. The Morgan fingerprint density at radius 3 is 2.62 bits per heavy atom. The van der Waals surface area contributed by atoms with E-state index in [9.17, 15) is 18.4 Å². The molecule has 3 rings (SSSR count). The van der Waals surface area contributed by atoms with Crippen LogP contribution in [0.1, 0.15) is 5.69 Å². The number of amides is 1. The minimum Gasteiger partial charge on any atom is -0.322 e. The molecule has 0 aliphatic rings. The van der Waals surface area contributed by atoms with Crippen LogP contribution in [-0.4, -0.2) is 15.7 Å². The number of rotatable bonds is 3. The van der Waals surface area contributed by atoms with Gasteiger partial charge in [0.25, 0.3) is 5.56 Å². The third-order valence-corrected chi connectivity index (χ3v) is 3.55. The second kappa shape index (κ2) is 6.19. The third-order valence-electron chi connectivity index (χ3n) is 3.55. The lowest BCUT2D eigenvalue weighted by atomic mass is 10.1. The Hall–Kier alpha value is -3.09. The Balaban J connectivity index is 1.90. The van der Waals surface area contributed by atoms with E-state index in [1.165, 1.54) is 0 Å². The Bertz CT molecular complexity index is 999. The zero-order valence-corrected chi connectivity index (χ0v) is 12.7. The van der Waals surface area contributed by atoms with Gasteiger partial charge in [0.15, 0.2) is 0 Å². The Kier molecular flexibility index (Phi) is 4.07. The van der Waals surface area contributed by atoms with Gasteiger partial charge in [-0.2, -0.15) is 5.10 Å². The zero-order chi connectivity index (χ0) is 17.3. The van der Waals surface area contributed by atoms with Crippen molar-refractivity contribution in [1.82, 2.24) is 9.78 Å². The molecule has 1 aromatic heterocycles. The summed E-state index contributed by atoms with van der Waals surface area (Å²) in [6.45, 7) is 1.32. The summed E-state index contributed by atoms with van der Waals surface area (Å²) < 4.78 is 27.7. The SMILES string of the molecule is Cc1nn(CC(=O)Nc2cc(F)ccc2F)c(=O)c2ccccc12. The fourth-order valence-corrected chi connectivity index (χ4v) is 2.43. The second-order valence-electron chi connectivity index (χ2n) is 5.27. The number of halogens is 2. The third kappa shape index (κ3) is 3.01. The van der Waals surface area contributed by atoms with E-state index in [0.29, 0.717) is 16.5 Å². The predicted molar refractivity (Wildman–Crippen MR) is 85.7 cm³/mol. The normalized spacial score (nSPS) is 10.8. The van der Waals surface area contributed by atoms with Crippen molar-refractivity contribution in [2.75, 3.05) is 5.32 Å². The molecule has 0 spiro atoms. The summed E-state index contributed by atoms with van der Waals surface area (Å²) in [7, 11) is 0. The number of nitrogens with zero attached hydrogens (tertiary/aromatic N) is 2. The van der Waals surface area contributed by atoms with Gasteiger partial charge in [-0.1, -0.05) is 18.2 Å². The van der Waals surface area contributed by atoms with Crippen molar-refractivity contribution in [2.24, 2.45) is 0 Å². The summed E-state index contributed by atoms with van der Waals surface area (Å²) in [5, 5.41) is 7.48. The lowest BCUT2D eigenvalue weighted by Crippen LogP contribution is -2.30. The first-order valence-electron chi connectivity index (χ1n) is 7.17. The Morgan fingerprint density at radius 1 is 1.17 bits per heavy atom. The van der Waals surface area contributed by atoms with E-state index in [1.807, 2.05) is 0 Å². The van der Waals surface area contributed by atoms with Gasteiger partial charge in [0.2, 0.25) is 5.91 Å². The van der Waals surface area contributed by atoms with Gasteiger partial charge < -0.3 is 5.32 Å². The highest BCUT2D eigenvalue weighted by molar-refractivity contribution is 5.91. The first-order valence-corrected chi connectivity index (χ1v) is 7.17. The first kappa shape index (κ1) is 15.8. The lowest BCUT2D eigenvalue weighted by Gasteiger charge is -2.10. The molecule has 0 saturated carbocycles. The molecule has 24 heavy (non-hydrogen) atoms. The quantitative estimate of drug-likeness (QED) is 0.803. The van der Waals surface area contributed by atoms with Crippen LogP contribution in [0.25, 0.3) is 10.8 Å². The molecule has 0 atom stereocenters. The number of anilines is 1. The molecule has 5 nitrogen and oxygen atoms in total. The molecular weight excluding hydrogens is 316 g/mol. The monoisotopic (exact) mass is 329 g/mol. The summed E-state index contributed by atoms with van der Waals surface area (Å²) in [6, 6.07) is 9.66. The smallest absolute Gasteiger partial charge is 0.275 e. The minimum atomic E-state index is -0.764. The van der Waals surface area contributed by atoms with Gasteiger partial charge in [0.1, 0.15) is 18.2 Å². The predicted octanol–water partition coefficient (Wildman–Crippen LogP) is 2.62. The molecule has 0 radical (unpaired) electrons. The maximum atomic E-state index is 13.6. The van der Waals surface area contributed by atoms with E-state index in [2.05, 4.69) is 10.4 Å². The second-order valence-corrected chi connectivity index (χ2v) is 5.27. The highest BCUT2D eigenvalue weighted by atomic mass is 19.1.